The normalized spacial score (nSPS) is 12.4. The van der Waals surface area contributed by atoms with Crippen LogP contribution in [0.1, 0.15) is 5.56 Å². The van der Waals surface area contributed by atoms with Crippen LogP contribution in [0.3, 0.4) is 0 Å². The first-order valence-corrected chi connectivity index (χ1v) is 5.31. The molecule has 0 fully saturated rings. The summed E-state index contributed by atoms with van der Waals surface area (Å²) >= 11 is 3.94. The minimum absolute atomic E-state index is 0.309. The van der Waals surface area contributed by atoms with Gasteiger partial charge in [0.05, 0.1) is 0 Å². The monoisotopic (exact) mass is 266 g/mol. The van der Waals surface area contributed by atoms with Crippen LogP contribution in [0.4, 0.5) is 17.6 Å². The van der Waals surface area contributed by atoms with Gasteiger partial charge in [-0.15, -0.1) is 0 Å². The first-order chi connectivity index (χ1) is 7.95. The molecule has 0 heterocycles. The summed E-state index contributed by atoms with van der Waals surface area (Å²) in [7, 11) is 0. The molecule has 1 aromatic carbocycles. The molecule has 0 saturated carbocycles. The van der Waals surface area contributed by atoms with E-state index < -0.39 is 12.5 Å². The van der Waals surface area contributed by atoms with Crippen molar-refractivity contribution in [2.24, 2.45) is 0 Å². The molecule has 0 radical (unpaired) electrons. The van der Waals surface area contributed by atoms with Crippen molar-refractivity contribution in [3.8, 4) is 5.75 Å². The molecule has 0 aliphatic rings. The fourth-order valence-electron chi connectivity index (χ4n) is 1.07. The van der Waals surface area contributed by atoms with Crippen molar-refractivity contribution in [3.63, 3.8) is 0 Å². The Balaban J connectivity index is 2.82. The van der Waals surface area contributed by atoms with Gasteiger partial charge in [-0.1, -0.05) is 24.3 Å². The van der Waals surface area contributed by atoms with Crippen molar-refractivity contribution < 1.29 is 22.3 Å². The second-order valence-corrected chi connectivity index (χ2v) is 3.49. The zero-order chi connectivity index (χ0) is 12.9. The van der Waals surface area contributed by atoms with Crippen molar-refractivity contribution in [2.45, 2.75) is 12.5 Å². The molecule has 1 rings (SSSR count). The summed E-state index contributed by atoms with van der Waals surface area (Å²) in [6.07, 6.45) is -5.03. The average Bonchev–Trinajstić information content (AvgIpc) is 2.26. The summed E-state index contributed by atoms with van der Waals surface area (Å²) in [5.74, 6) is 0.176. The Labute approximate surface area is 101 Å². The summed E-state index contributed by atoms with van der Waals surface area (Å²) in [5.41, 5.74) is 0.571. The van der Waals surface area contributed by atoms with Crippen LogP contribution < -0.4 is 4.74 Å². The Morgan fingerprint density at radius 3 is 2.65 bits per heavy atom. The fraction of sp³-hybridized carbons (Fsp3) is 0.273. The Morgan fingerprint density at radius 1 is 1.35 bits per heavy atom. The molecule has 0 unspecified atom stereocenters. The second kappa shape index (κ2) is 5.95. The van der Waals surface area contributed by atoms with Crippen LogP contribution >= 0.6 is 12.6 Å². The molecule has 0 bridgehead atoms. The number of benzene rings is 1. The van der Waals surface area contributed by atoms with Crippen LogP contribution in [-0.2, 0) is 0 Å². The van der Waals surface area contributed by atoms with E-state index in [1.54, 1.807) is 18.2 Å². The predicted molar refractivity (Wildman–Crippen MR) is 60.9 cm³/mol. The van der Waals surface area contributed by atoms with E-state index in [4.69, 9.17) is 0 Å². The summed E-state index contributed by atoms with van der Waals surface area (Å²) in [4.78, 5) is 0. The van der Waals surface area contributed by atoms with Gasteiger partial charge in [0.2, 0.25) is 0 Å². The smallest absolute Gasteiger partial charge is 0.428 e. The number of hydrogen-bond acceptors (Lipinski definition) is 2. The third-order valence-corrected chi connectivity index (χ3v) is 1.99. The second-order valence-electron chi connectivity index (χ2n) is 3.12. The van der Waals surface area contributed by atoms with Gasteiger partial charge in [-0.05, 0) is 17.7 Å². The fourth-order valence-corrected chi connectivity index (χ4v) is 1.18. The zero-order valence-corrected chi connectivity index (χ0v) is 9.51. The van der Waals surface area contributed by atoms with E-state index in [1.165, 1.54) is 18.2 Å². The van der Waals surface area contributed by atoms with E-state index >= 15 is 0 Å². The lowest BCUT2D eigenvalue weighted by molar-refractivity contribution is -0.253. The number of alkyl halides is 4. The van der Waals surface area contributed by atoms with Gasteiger partial charge < -0.3 is 4.74 Å². The van der Waals surface area contributed by atoms with E-state index in [0.29, 0.717) is 11.3 Å². The number of ether oxygens (including phenoxy) is 1. The number of hydrogen-bond donors (Lipinski definition) is 1. The third-order valence-electron chi connectivity index (χ3n) is 1.78. The quantitative estimate of drug-likeness (QED) is 0.629. The predicted octanol–water partition coefficient (Wildman–Crippen LogP) is 3.87. The minimum Gasteiger partial charge on any atom is -0.428 e. The van der Waals surface area contributed by atoms with Crippen LogP contribution in [0.2, 0.25) is 0 Å². The van der Waals surface area contributed by atoms with Gasteiger partial charge in [-0.3, -0.25) is 0 Å². The maximum Gasteiger partial charge on any atom is 0.461 e. The highest BCUT2D eigenvalue weighted by Crippen LogP contribution is 2.27. The molecular formula is C11H10F4OS. The molecule has 0 N–H and O–H groups in total. The highest BCUT2D eigenvalue weighted by Gasteiger charge is 2.43. The van der Waals surface area contributed by atoms with Gasteiger partial charge in [0.25, 0.3) is 0 Å². The highest BCUT2D eigenvalue weighted by molar-refractivity contribution is 7.80. The molecule has 0 aromatic heterocycles. The Morgan fingerprint density at radius 2 is 2.06 bits per heavy atom. The topological polar surface area (TPSA) is 9.23 Å². The van der Waals surface area contributed by atoms with E-state index in [0.717, 1.165) is 0 Å². The number of rotatable bonds is 5. The number of halogens is 4. The van der Waals surface area contributed by atoms with Crippen molar-refractivity contribution in [3.05, 3.63) is 35.9 Å². The lowest BCUT2D eigenvalue weighted by atomic mass is 10.2. The Kier molecular flexibility index (Phi) is 4.86. The van der Waals surface area contributed by atoms with Gasteiger partial charge in [0.1, 0.15) is 5.75 Å². The van der Waals surface area contributed by atoms with Crippen LogP contribution in [-0.4, -0.2) is 18.3 Å². The Hall–Kier alpha value is -1.17. The van der Waals surface area contributed by atoms with Gasteiger partial charge in [0, 0.05) is 5.75 Å². The van der Waals surface area contributed by atoms with Crippen LogP contribution in [0.25, 0.3) is 6.08 Å². The van der Waals surface area contributed by atoms with Gasteiger partial charge in [0.15, 0.2) is 0 Å². The van der Waals surface area contributed by atoms with Gasteiger partial charge >= 0.3 is 12.5 Å². The Bertz CT molecular complexity index is 393. The molecule has 1 nitrogen and oxygen atoms in total. The van der Waals surface area contributed by atoms with E-state index in [-0.39, 0.29) is 5.75 Å². The van der Waals surface area contributed by atoms with E-state index in [2.05, 4.69) is 17.4 Å². The largest absolute Gasteiger partial charge is 0.461 e. The maximum atomic E-state index is 12.6. The SMILES string of the molecule is FC(F)C(F)(F)Oc1cccc(C=CCS)c1. The van der Waals surface area contributed by atoms with Gasteiger partial charge in [-0.25, -0.2) is 0 Å². The lowest BCUT2D eigenvalue weighted by Gasteiger charge is -2.16. The standard InChI is InChI=1S/C11H10F4OS/c12-10(13)11(14,15)16-9-5-1-3-8(7-9)4-2-6-17/h1-5,7,10,17H,6H2. The molecule has 0 spiro atoms. The van der Waals surface area contributed by atoms with Crippen molar-refractivity contribution >= 4 is 18.7 Å². The first kappa shape index (κ1) is 13.9. The first-order valence-electron chi connectivity index (χ1n) is 4.68. The molecule has 0 amide bonds. The summed E-state index contributed by atoms with van der Waals surface area (Å²) < 4.78 is 53.0. The average molecular weight is 266 g/mol. The lowest BCUT2D eigenvalue weighted by Crippen LogP contribution is -2.33. The van der Waals surface area contributed by atoms with Crippen LogP contribution in [0, 0.1) is 0 Å². The number of thiol groups is 1. The van der Waals surface area contributed by atoms with Gasteiger partial charge in [-0.2, -0.15) is 30.2 Å². The molecule has 6 heteroatoms. The van der Waals surface area contributed by atoms with Crippen molar-refractivity contribution in [1.82, 2.24) is 0 Å². The summed E-state index contributed by atoms with van der Waals surface area (Å²) in [6, 6.07) is 5.51. The molecule has 0 atom stereocenters. The minimum atomic E-state index is -4.48. The molecule has 0 saturated heterocycles. The van der Waals surface area contributed by atoms with E-state index in [1.807, 2.05) is 0 Å². The summed E-state index contributed by atoms with van der Waals surface area (Å²) in [6.45, 7) is 0. The van der Waals surface area contributed by atoms with Crippen LogP contribution in [0.5, 0.6) is 5.75 Å². The molecule has 17 heavy (non-hydrogen) atoms. The molecule has 94 valence electrons. The third kappa shape index (κ3) is 4.30. The zero-order valence-electron chi connectivity index (χ0n) is 8.62. The van der Waals surface area contributed by atoms with E-state index in [9.17, 15) is 17.6 Å². The molecule has 1 aromatic rings. The van der Waals surface area contributed by atoms with Crippen LogP contribution in [0.15, 0.2) is 30.3 Å². The highest BCUT2D eigenvalue weighted by atomic mass is 32.1. The maximum absolute atomic E-state index is 12.6. The molecule has 0 aliphatic heterocycles. The van der Waals surface area contributed by atoms with Crippen molar-refractivity contribution in [2.75, 3.05) is 5.75 Å². The molecular weight excluding hydrogens is 256 g/mol. The van der Waals surface area contributed by atoms with Crippen molar-refractivity contribution in [1.29, 1.82) is 0 Å². The summed E-state index contributed by atoms with van der Waals surface area (Å²) in [5, 5.41) is 0. The molecule has 0 aliphatic carbocycles.